The van der Waals surface area contributed by atoms with Crippen LogP contribution in [0.4, 0.5) is 0 Å². The third kappa shape index (κ3) is 34.9. The van der Waals surface area contributed by atoms with Gasteiger partial charge in [0.15, 0.2) is 0 Å². The Morgan fingerprint density at radius 2 is 0.680 bits per heavy atom. The van der Waals surface area contributed by atoms with Crippen LogP contribution in [0.1, 0.15) is 210 Å². The van der Waals surface area contributed by atoms with Gasteiger partial charge in [0.05, 0.1) is 12.7 Å². The Morgan fingerprint density at radius 3 is 1.02 bits per heavy atom. The van der Waals surface area contributed by atoms with Crippen LogP contribution in [0.15, 0.2) is 0 Å². The summed E-state index contributed by atoms with van der Waals surface area (Å²) in [6, 6.07) is 0. The molecular formula is C47H97NO2. The van der Waals surface area contributed by atoms with Gasteiger partial charge in [-0.15, -0.1) is 0 Å². The average molecular weight is 708 g/mol. The summed E-state index contributed by atoms with van der Waals surface area (Å²) >= 11 is 0. The van der Waals surface area contributed by atoms with Crippen molar-refractivity contribution in [2.45, 2.75) is 217 Å². The van der Waals surface area contributed by atoms with E-state index in [1.165, 1.54) is 135 Å². The molecule has 0 aliphatic rings. The lowest BCUT2D eigenvalue weighted by Crippen LogP contribution is -2.24. The van der Waals surface area contributed by atoms with Crippen molar-refractivity contribution >= 4 is 0 Å². The lowest BCUT2D eigenvalue weighted by atomic mass is 9.91. The maximum absolute atomic E-state index is 6.47. The molecule has 7 unspecified atom stereocenters. The summed E-state index contributed by atoms with van der Waals surface area (Å²) < 4.78 is 12.7. The summed E-state index contributed by atoms with van der Waals surface area (Å²) in [5.74, 6) is 6.78. The first kappa shape index (κ1) is 49.9. The fourth-order valence-corrected chi connectivity index (χ4v) is 7.66. The fourth-order valence-electron chi connectivity index (χ4n) is 7.66. The molecule has 0 radical (unpaired) electrons. The number of nitrogens with zero attached hydrogens (tertiary/aromatic N) is 1. The molecule has 0 amide bonds. The van der Waals surface area contributed by atoms with Crippen molar-refractivity contribution in [3.63, 3.8) is 0 Å². The average Bonchev–Trinajstić information content (AvgIpc) is 3.02. The lowest BCUT2D eigenvalue weighted by Gasteiger charge is -2.21. The molecule has 0 aliphatic carbocycles. The van der Waals surface area contributed by atoms with Crippen LogP contribution >= 0.6 is 0 Å². The fraction of sp³-hybridized carbons (Fsp3) is 1.00. The van der Waals surface area contributed by atoms with Crippen molar-refractivity contribution in [2.24, 2.45) is 47.3 Å². The number of rotatable bonds is 37. The Kier molecular flexibility index (Phi) is 33.4. The predicted molar refractivity (Wildman–Crippen MR) is 225 cm³/mol. The van der Waals surface area contributed by atoms with Crippen molar-refractivity contribution < 1.29 is 9.47 Å². The SMILES string of the molecule is CC(C)CCCC(C)CCCC(C)CCCC(C)CCOCC(CCCN(C)C)OCCC(C)CCCC(C)CCCC(C)CCCC(C)C. The van der Waals surface area contributed by atoms with Gasteiger partial charge < -0.3 is 14.4 Å². The maximum Gasteiger partial charge on any atom is 0.0808 e. The second-order valence-corrected chi connectivity index (χ2v) is 19.1. The summed E-state index contributed by atoms with van der Waals surface area (Å²) in [5.41, 5.74) is 0. The minimum absolute atomic E-state index is 0.240. The van der Waals surface area contributed by atoms with E-state index >= 15 is 0 Å². The van der Waals surface area contributed by atoms with E-state index < -0.39 is 0 Å². The third-order valence-corrected chi connectivity index (χ3v) is 11.7. The van der Waals surface area contributed by atoms with Gasteiger partial charge in [0.25, 0.3) is 0 Å². The monoisotopic (exact) mass is 708 g/mol. The van der Waals surface area contributed by atoms with Crippen LogP contribution in [0.2, 0.25) is 0 Å². The summed E-state index contributed by atoms with van der Waals surface area (Å²) in [4.78, 5) is 2.29. The van der Waals surface area contributed by atoms with Gasteiger partial charge in [-0.25, -0.2) is 0 Å². The highest BCUT2D eigenvalue weighted by Gasteiger charge is 2.14. The summed E-state index contributed by atoms with van der Waals surface area (Å²) in [6.07, 6.45) is 30.1. The summed E-state index contributed by atoms with van der Waals surface area (Å²) in [7, 11) is 4.34. The summed E-state index contributed by atoms with van der Waals surface area (Å²) in [6.45, 7) is 27.8. The molecule has 50 heavy (non-hydrogen) atoms. The van der Waals surface area contributed by atoms with Crippen LogP contribution in [-0.2, 0) is 9.47 Å². The molecule has 3 heteroatoms. The molecule has 0 spiro atoms. The molecule has 0 aromatic carbocycles. The van der Waals surface area contributed by atoms with Crippen molar-refractivity contribution in [2.75, 3.05) is 40.5 Å². The molecule has 0 aromatic heterocycles. The van der Waals surface area contributed by atoms with Crippen LogP contribution in [-0.4, -0.2) is 51.5 Å². The molecule has 0 rings (SSSR count). The van der Waals surface area contributed by atoms with Crippen LogP contribution in [0.3, 0.4) is 0 Å². The Hall–Kier alpha value is -0.120. The smallest absolute Gasteiger partial charge is 0.0808 e. The molecule has 0 fully saturated rings. The molecule has 0 heterocycles. The first-order valence-corrected chi connectivity index (χ1v) is 22.6. The minimum atomic E-state index is 0.240. The minimum Gasteiger partial charge on any atom is -0.379 e. The van der Waals surface area contributed by atoms with Gasteiger partial charge in [-0.1, -0.05) is 185 Å². The Balaban J connectivity index is 4.12. The van der Waals surface area contributed by atoms with Gasteiger partial charge in [-0.2, -0.15) is 0 Å². The van der Waals surface area contributed by atoms with Gasteiger partial charge in [0.1, 0.15) is 0 Å². The zero-order chi connectivity index (χ0) is 37.6. The van der Waals surface area contributed by atoms with E-state index in [0.29, 0.717) is 0 Å². The molecule has 0 saturated heterocycles. The zero-order valence-electron chi connectivity index (χ0n) is 36.8. The Morgan fingerprint density at radius 1 is 0.360 bits per heavy atom. The van der Waals surface area contributed by atoms with Gasteiger partial charge in [0.2, 0.25) is 0 Å². The molecule has 0 aromatic rings. The van der Waals surface area contributed by atoms with E-state index in [1.807, 2.05) is 0 Å². The van der Waals surface area contributed by atoms with E-state index in [2.05, 4.69) is 88.2 Å². The van der Waals surface area contributed by atoms with Crippen molar-refractivity contribution in [1.82, 2.24) is 4.90 Å². The molecule has 0 N–H and O–H groups in total. The topological polar surface area (TPSA) is 21.7 Å². The normalized spacial score (nSPS) is 16.6. The molecule has 0 aliphatic heterocycles. The molecule has 0 bridgehead atoms. The van der Waals surface area contributed by atoms with E-state index in [4.69, 9.17) is 9.47 Å². The van der Waals surface area contributed by atoms with Crippen molar-refractivity contribution in [1.29, 1.82) is 0 Å². The zero-order valence-corrected chi connectivity index (χ0v) is 36.8. The molecule has 7 atom stereocenters. The van der Waals surface area contributed by atoms with E-state index in [-0.39, 0.29) is 6.10 Å². The highest BCUT2D eigenvalue weighted by Crippen LogP contribution is 2.24. The lowest BCUT2D eigenvalue weighted by molar-refractivity contribution is -0.0278. The van der Waals surface area contributed by atoms with Crippen molar-refractivity contribution in [3.05, 3.63) is 0 Å². The first-order valence-electron chi connectivity index (χ1n) is 22.6. The third-order valence-electron chi connectivity index (χ3n) is 11.7. The van der Waals surface area contributed by atoms with Crippen LogP contribution < -0.4 is 0 Å². The van der Waals surface area contributed by atoms with Gasteiger partial charge in [0, 0.05) is 13.2 Å². The maximum atomic E-state index is 6.47. The predicted octanol–water partition coefficient (Wildman–Crippen LogP) is 14.7. The quantitative estimate of drug-likeness (QED) is 0.0600. The molecule has 302 valence electrons. The van der Waals surface area contributed by atoms with Gasteiger partial charge in [-0.3, -0.25) is 0 Å². The standard InChI is InChI=1S/C47H97NO2/c1-39(2)20-13-22-41(5)24-15-26-43(7)28-17-30-45(9)33-36-49-38-47(32-19-35-48(11)12)50-37-34-46(10)31-18-29-44(8)27-16-25-42(6)23-14-21-40(3)4/h39-47H,13-38H2,1-12H3. The molecule has 3 nitrogen and oxygen atoms in total. The van der Waals surface area contributed by atoms with E-state index in [1.54, 1.807) is 0 Å². The van der Waals surface area contributed by atoms with Crippen LogP contribution in [0, 0.1) is 47.3 Å². The van der Waals surface area contributed by atoms with E-state index in [0.717, 1.165) is 80.1 Å². The second-order valence-electron chi connectivity index (χ2n) is 19.1. The molecule has 0 saturated carbocycles. The van der Waals surface area contributed by atoms with Gasteiger partial charge in [-0.05, 0) is 93.7 Å². The van der Waals surface area contributed by atoms with Crippen LogP contribution in [0.25, 0.3) is 0 Å². The highest BCUT2D eigenvalue weighted by molar-refractivity contribution is 4.65. The second kappa shape index (κ2) is 33.4. The number of hydrogen-bond donors (Lipinski definition) is 0. The molecular weight excluding hydrogens is 611 g/mol. The Bertz CT molecular complexity index is 693. The van der Waals surface area contributed by atoms with Crippen molar-refractivity contribution in [3.8, 4) is 0 Å². The van der Waals surface area contributed by atoms with Crippen LogP contribution in [0.5, 0.6) is 0 Å². The number of ether oxygens (including phenoxy) is 2. The van der Waals surface area contributed by atoms with Gasteiger partial charge >= 0.3 is 0 Å². The largest absolute Gasteiger partial charge is 0.379 e. The summed E-state index contributed by atoms with van der Waals surface area (Å²) in [5, 5.41) is 0. The first-order chi connectivity index (χ1) is 23.8. The Labute approximate surface area is 318 Å². The van der Waals surface area contributed by atoms with E-state index in [9.17, 15) is 0 Å². The highest BCUT2D eigenvalue weighted by atomic mass is 16.5. The number of hydrogen-bond acceptors (Lipinski definition) is 3.